The predicted octanol–water partition coefficient (Wildman–Crippen LogP) is 2.62. The minimum atomic E-state index is -1.39. The van der Waals surface area contributed by atoms with Gasteiger partial charge in [-0.2, -0.15) is 0 Å². The average molecular weight is 525 g/mol. The lowest BCUT2D eigenvalue weighted by Crippen LogP contribution is -2.58. The van der Waals surface area contributed by atoms with Gasteiger partial charge in [-0.3, -0.25) is 14.4 Å². The molecule has 1 unspecified atom stereocenters. The Bertz CT molecular complexity index is 1140. The SMILES string of the molecule is CC[C@@H](CO)N1C(=O)[C@@H]2[C@H]3C(=O)OCCCC/C=C\[C@@]3(C)O[C@@]23C=CCN(c2ccc(OC)cc2)C(=O)C13. The minimum absolute atomic E-state index is 0.263. The zero-order chi connectivity index (χ0) is 27.1. The van der Waals surface area contributed by atoms with Crippen molar-refractivity contribution in [3.63, 3.8) is 0 Å². The van der Waals surface area contributed by atoms with Crippen LogP contribution in [0.4, 0.5) is 5.69 Å². The van der Waals surface area contributed by atoms with E-state index in [-0.39, 0.29) is 31.6 Å². The molecule has 9 heteroatoms. The molecule has 1 aromatic rings. The van der Waals surface area contributed by atoms with Gasteiger partial charge in [-0.25, -0.2) is 0 Å². The van der Waals surface area contributed by atoms with E-state index in [9.17, 15) is 19.5 Å². The molecule has 0 saturated carbocycles. The maximum Gasteiger partial charge on any atom is 0.313 e. The van der Waals surface area contributed by atoms with Crippen LogP contribution in [0.1, 0.15) is 39.5 Å². The highest BCUT2D eigenvalue weighted by Crippen LogP contribution is 2.57. The number of aliphatic hydroxyl groups excluding tert-OH is 1. The van der Waals surface area contributed by atoms with Crippen molar-refractivity contribution in [2.45, 2.75) is 62.8 Å². The van der Waals surface area contributed by atoms with E-state index in [2.05, 4.69) is 0 Å². The van der Waals surface area contributed by atoms with Crippen LogP contribution in [-0.2, 0) is 23.9 Å². The highest BCUT2D eigenvalue weighted by Gasteiger charge is 2.75. The minimum Gasteiger partial charge on any atom is -0.497 e. The molecule has 1 N–H and O–H groups in total. The first kappa shape index (κ1) is 26.4. The first-order valence-corrected chi connectivity index (χ1v) is 13.4. The number of carbonyl (C=O) groups is 3. The number of ether oxygens (including phenoxy) is 3. The van der Waals surface area contributed by atoms with E-state index in [1.165, 1.54) is 4.90 Å². The average Bonchev–Trinajstić information content (AvgIpc) is 3.25. The van der Waals surface area contributed by atoms with Gasteiger partial charge in [0.05, 0.1) is 37.9 Å². The second-order valence-corrected chi connectivity index (χ2v) is 10.6. The Balaban J connectivity index is 1.65. The van der Waals surface area contributed by atoms with Gasteiger partial charge in [0, 0.05) is 12.2 Å². The summed E-state index contributed by atoms with van der Waals surface area (Å²) in [5.41, 5.74) is -1.89. The highest BCUT2D eigenvalue weighted by atomic mass is 16.6. The molecule has 4 aliphatic heterocycles. The number of aliphatic hydroxyl groups is 1. The van der Waals surface area contributed by atoms with Crippen LogP contribution in [0.3, 0.4) is 0 Å². The summed E-state index contributed by atoms with van der Waals surface area (Å²) >= 11 is 0. The van der Waals surface area contributed by atoms with Crippen LogP contribution in [0.2, 0.25) is 0 Å². The lowest BCUT2D eigenvalue weighted by atomic mass is 9.74. The molecule has 2 fully saturated rings. The largest absolute Gasteiger partial charge is 0.497 e. The number of benzene rings is 1. The lowest BCUT2D eigenvalue weighted by molar-refractivity contribution is -0.160. The van der Waals surface area contributed by atoms with Gasteiger partial charge in [-0.15, -0.1) is 0 Å². The molecule has 0 aromatic heterocycles. The molecule has 6 atom stereocenters. The first-order valence-electron chi connectivity index (χ1n) is 13.4. The molecule has 0 radical (unpaired) electrons. The molecule has 2 saturated heterocycles. The molecule has 1 spiro atoms. The number of hydrogen-bond acceptors (Lipinski definition) is 7. The summed E-state index contributed by atoms with van der Waals surface area (Å²) in [4.78, 5) is 45.3. The normalized spacial score (nSPS) is 34.6. The quantitative estimate of drug-likeness (QED) is 0.466. The van der Waals surface area contributed by atoms with Crippen LogP contribution in [-0.4, -0.2) is 77.9 Å². The molecule has 5 rings (SSSR count). The van der Waals surface area contributed by atoms with Gasteiger partial charge in [0.25, 0.3) is 5.91 Å². The Morgan fingerprint density at radius 2 is 1.84 bits per heavy atom. The van der Waals surface area contributed by atoms with E-state index in [1.807, 2.05) is 25.2 Å². The van der Waals surface area contributed by atoms with Crippen LogP contribution in [0.5, 0.6) is 5.75 Å². The van der Waals surface area contributed by atoms with E-state index in [0.29, 0.717) is 17.9 Å². The van der Waals surface area contributed by atoms with E-state index in [0.717, 1.165) is 19.3 Å². The van der Waals surface area contributed by atoms with Crippen molar-refractivity contribution < 1.29 is 33.7 Å². The van der Waals surface area contributed by atoms with Gasteiger partial charge < -0.3 is 29.1 Å². The number of fused-ring (bicyclic) bond motifs is 2. The fourth-order valence-electron chi connectivity index (χ4n) is 6.54. The van der Waals surface area contributed by atoms with E-state index >= 15 is 0 Å². The molecule has 0 bridgehead atoms. The second kappa shape index (κ2) is 10.2. The van der Waals surface area contributed by atoms with Crippen molar-refractivity contribution in [1.29, 1.82) is 0 Å². The zero-order valence-electron chi connectivity index (χ0n) is 22.2. The van der Waals surface area contributed by atoms with Gasteiger partial charge in [-0.05, 0) is 56.9 Å². The van der Waals surface area contributed by atoms with Crippen LogP contribution >= 0.6 is 0 Å². The summed E-state index contributed by atoms with van der Waals surface area (Å²) in [5, 5.41) is 10.2. The summed E-state index contributed by atoms with van der Waals surface area (Å²) in [5.74, 6) is -2.44. The monoisotopic (exact) mass is 524 g/mol. The first-order chi connectivity index (χ1) is 18.3. The van der Waals surface area contributed by atoms with Gasteiger partial charge in [0.2, 0.25) is 5.91 Å². The number of hydrogen-bond donors (Lipinski definition) is 1. The number of nitrogens with zero attached hydrogens (tertiary/aromatic N) is 2. The number of cyclic esters (lactones) is 1. The molecule has 1 aromatic carbocycles. The van der Waals surface area contributed by atoms with Crippen LogP contribution in [0.15, 0.2) is 48.6 Å². The summed E-state index contributed by atoms with van der Waals surface area (Å²) in [6.45, 7) is 3.88. The highest BCUT2D eigenvalue weighted by molar-refractivity contribution is 6.05. The van der Waals surface area contributed by atoms with Gasteiger partial charge in [-0.1, -0.05) is 31.2 Å². The topological polar surface area (TPSA) is 106 Å². The number of esters is 1. The predicted molar refractivity (Wildman–Crippen MR) is 139 cm³/mol. The van der Waals surface area contributed by atoms with Crippen molar-refractivity contribution in [2.24, 2.45) is 11.8 Å². The van der Waals surface area contributed by atoms with Crippen molar-refractivity contribution in [2.75, 3.05) is 31.8 Å². The molecule has 0 aliphatic carbocycles. The number of carbonyl (C=O) groups excluding carboxylic acids is 3. The summed E-state index contributed by atoms with van der Waals surface area (Å²) < 4.78 is 17.7. The van der Waals surface area contributed by atoms with Gasteiger partial charge >= 0.3 is 5.97 Å². The third-order valence-electron chi connectivity index (χ3n) is 8.40. The third kappa shape index (κ3) is 4.03. The summed E-state index contributed by atoms with van der Waals surface area (Å²) in [6, 6.07) is 5.47. The molecule has 4 aliphatic rings. The number of anilines is 1. The maximum atomic E-state index is 14.4. The van der Waals surface area contributed by atoms with Crippen molar-refractivity contribution in [3.8, 4) is 5.75 Å². The fraction of sp³-hybridized carbons (Fsp3) is 0.552. The van der Waals surface area contributed by atoms with E-state index < -0.39 is 41.1 Å². The molecular formula is C29H36N2O7. The number of likely N-dealkylation sites (tertiary alicyclic amines) is 1. The van der Waals surface area contributed by atoms with Crippen LogP contribution in [0.25, 0.3) is 0 Å². The standard InChI is InChI=1S/C29H36N2O7/c1-4-19(18-32)31-24-26(34)30(20-10-12-21(36-3)13-11-20)16-9-15-29(24)22(25(31)33)23-27(35)37-17-8-6-5-7-14-28(23,2)38-29/h7,9-15,19,22-24,32H,4-6,8,16-18H2,1-3H3/b14-7-/t19-,22-,23-,24?,28+,29-/m0/s1. The Labute approximate surface area is 223 Å². The maximum absolute atomic E-state index is 14.4. The smallest absolute Gasteiger partial charge is 0.313 e. The summed E-state index contributed by atoms with van der Waals surface area (Å²) in [6.07, 6.45) is 10.3. The summed E-state index contributed by atoms with van der Waals surface area (Å²) in [7, 11) is 1.58. The molecule has 204 valence electrons. The van der Waals surface area contributed by atoms with Crippen LogP contribution < -0.4 is 9.64 Å². The van der Waals surface area contributed by atoms with Gasteiger partial charge in [0.15, 0.2) is 0 Å². The van der Waals surface area contributed by atoms with E-state index in [4.69, 9.17) is 14.2 Å². The Hall–Kier alpha value is -3.17. The molecule has 38 heavy (non-hydrogen) atoms. The number of amides is 2. The van der Waals surface area contributed by atoms with E-state index in [1.54, 1.807) is 49.3 Å². The van der Waals surface area contributed by atoms with Crippen molar-refractivity contribution in [3.05, 3.63) is 48.6 Å². The molecule has 9 nitrogen and oxygen atoms in total. The lowest BCUT2D eigenvalue weighted by Gasteiger charge is -2.40. The van der Waals surface area contributed by atoms with Gasteiger partial charge in [0.1, 0.15) is 23.3 Å². The number of methoxy groups -OCH3 is 1. The van der Waals surface area contributed by atoms with Crippen molar-refractivity contribution >= 4 is 23.5 Å². The Morgan fingerprint density at radius 1 is 1.08 bits per heavy atom. The molecular weight excluding hydrogens is 488 g/mol. The Morgan fingerprint density at radius 3 is 2.53 bits per heavy atom. The van der Waals surface area contributed by atoms with Crippen LogP contribution in [0, 0.1) is 11.8 Å². The fourth-order valence-corrected chi connectivity index (χ4v) is 6.54. The Kier molecular flexibility index (Phi) is 7.09. The molecule has 2 amide bonds. The number of rotatable bonds is 5. The molecule has 4 heterocycles. The number of allylic oxidation sites excluding steroid dienone is 1. The third-order valence-corrected chi connectivity index (χ3v) is 8.40. The zero-order valence-corrected chi connectivity index (χ0v) is 22.2. The second-order valence-electron chi connectivity index (χ2n) is 10.6. The van der Waals surface area contributed by atoms with Crippen molar-refractivity contribution in [1.82, 2.24) is 4.90 Å².